The van der Waals surface area contributed by atoms with Crippen molar-refractivity contribution < 1.29 is 4.74 Å². The third-order valence-corrected chi connectivity index (χ3v) is 2.98. The zero-order valence-corrected chi connectivity index (χ0v) is 11.4. The molecule has 1 heterocycles. The molecule has 3 N–H and O–H groups in total. The third kappa shape index (κ3) is 3.82. The van der Waals surface area contributed by atoms with Gasteiger partial charge in [0, 0.05) is 19.7 Å². The van der Waals surface area contributed by atoms with E-state index < -0.39 is 0 Å². The Morgan fingerprint density at radius 3 is 2.67 bits per heavy atom. The summed E-state index contributed by atoms with van der Waals surface area (Å²) in [5.74, 6) is 6.76. The largest absolute Gasteiger partial charge is 0.383 e. The zero-order valence-electron chi connectivity index (χ0n) is 11.4. The lowest BCUT2D eigenvalue weighted by molar-refractivity contribution is 0.202. The highest BCUT2D eigenvalue weighted by Crippen LogP contribution is 2.18. The molecule has 18 heavy (non-hydrogen) atoms. The summed E-state index contributed by atoms with van der Waals surface area (Å²) >= 11 is 0. The summed E-state index contributed by atoms with van der Waals surface area (Å²) in [6.07, 6.45) is 5.48. The fourth-order valence-electron chi connectivity index (χ4n) is 1.97. The second-order valence-corrected chi connectivity index (χ2v) is 4.06. The third-order valence-electron chi connectivity index (χ3n) is 2.98. The first kappa shape index (κ1) is 14.7. The quantitative estimate of drug-likeness (QED) is 0.539. The van der Waals surface area contributed by atoms with Crippen LogP contribution in [-0.4, -0.2) is 36.3 Å². The highest BCUT2D eigenvalue weighted by atomic mass is 16.5. The van der Waals surface area contributed by atoms with E-state index in [-0.39, 0.29) is 0 Å². The van der Waals surface area contributed by atoms with Crippen LogP contribution in [0.2, 0.25) is 0 Å². The topological polar surface area (TPSA) is 76.3 Å². The molecular weight excluding hydrogens is 230 g/mol. The Labute approximate surface area is 109 Å². The number of nitrogens with two attached hydrogens (primary N) is 1. The predicted octanol–water partition coefficient (Wildman–Crippen LogP) is 1.40. The van der Waals surface area contributed by atoms with Crippen LogP contribution in [0.5, 0.6) is 0 Å². The van der Waals surface area contributed by atoms with E-state index in [2.05, 4.69) is 34.1 Å². The fraction of sp³-hybridized carbons (Fsp3) is 0.667. The number of hydrogen-bond donors (Lipinski definition) is 2. The minimum Gasteiger partial charge on any atom is -0.383 e. The predicted molar refractivity (Wildman–Crippen MR) is 73.4 cm³/mol. The maximum absolute atomic E-state index is 5.36. The average molecular weight is 253 g/mol. The molecule has 0 bridgehead atoms. The van der Waals surface area contributed by atoms with E-state index in [9.17, 15) is 0 Å². The molecule has 6 nitrogen and oxygen atoms in total. The number of rotatable bonds is 8. The summed E-state index contributed by atoms with van der Waals surface area (Å²) in [7, 11) is 1.70. The van der Waals surface area contributed by atoms with Crippen molar-refractivity contribution in [1.82, 2.24) is 9.97 Å². The van der Waals surface area contributed by atoms with Gasteiger partial charge in [-0.25, -0.2) is 10.8 Å². The van der Waals surface area contributed by atoms with E-state index in [1.165, 1.54) is 0 Å². The van der Waals surface area contributed by atoms with Gasteiger partial charge in [0.15, 0.2) is 5.82 Å². The van der Waals surface area contributed by atoms with Crippen molar-refractivity contribution in [1.29, 1.82) is 0 Å². The van der Waals surface area contributed by atoms with Crippen LogP contribution >= 0.6 is 0 Å². The van der Waals surface area contributed by atoms with Crippen molar-refractivity contribution in [2.45, 2.75) is 32.7 Å². The van der Waals surface area contributed by atoms with Crippen LogP contribution in [0.4, 0.5) is 11.6 Å². The Hall–Kier alpha value is -1.40. The maximum atomic E-state index is 5.36. The number of hydrazine groups is 1. The molecule has 0 unspecified atom stereocenters. The summed E-state index contributed by atoms with van der Waals surface area (Å²) in [6, 6.07) is 0.433. The molecule has 0 aromatic carbocycles. The minimum atomic E-state index is 0.433. The average Bonchev–Trinajstić information content (AvgIpc) is 2.43. The number of nitrogens with zero attached hydrogens (tertiary/aromatic N) is 3. The first-order valence-electron chi connectivity index (χ1n) is 6.31. The van der Waals surface area contributed by atoms with Crippen molar-refractivity contribution in [3.8, 4) is 0 Å². The van der Waals surface area contributed by atoms with Gasteiger partial charge < -0.3 is 15.1 Å². The minimum absolute atomic E-state index is 0.433. The molecule has 0 saturated carbocycles. The van der Waals surface area contributed by atoms with Crippen LogP contribution in [0.25, 0.3) is 0 Å². The second-order valence-electron chi connectivity index (χ2n) is 4.06. The Morgan fingerprint density at radius 1 is 1.39 bits per heavy atom. The molecular formula is C12H23N5O. The van der Waals surface area contributed by atoms with Crippen LogP contribution in [-0.2, 0) is 4.74 Å². The van der Waals surface area contributed by atoms with E-state index in [4.69, 9.17) is 10.6 Å². The molecule has 6 heteroatoms. The van der Waals surface area contributed by atoms with Crippen molar-refractivity contribution in [3.05, 3.63) is 12.4 Å². The van der Waals surface area contributed by atoms with Gasteiger partial charge in [-0.05, 0) is 12.8 Å². The van der Waals surface area contributed by atoms with Crippen molar-refractivity contribution >= 4 is 11.6 Å². The van der Waals surface area contributed by atoms with Gasteiger partial charge in [0.2, 0.25) is 0 Å². The molecule has 0 atom stereocenters. The number of aromatic nitrogens is 2. The summed E-state index contributed by atoms with van der Waals surface area (Å²) in [5.41, 5.74) is 2.52. The second kappa shape index (κ2) is 7.84. The van der Waals surface area contributed by atoms with Gasteiger partial charge >= 0.3 is 0 Å². The number of anilines is 2. The lowest BCUT2D eigenvalue weighted by Crippen LogP contribution is -2.38. The fourth-order valence-corrected chi connectivity index (χ4v) is 1.97. The molecule has 1 aromatic rings. The number of hydrogen-bond acceptors (Lipinski definition) is 6. The van der Waals surface area contributed by atoms with Gasteiger partial charge in [-0.2, -0.15) is 0 Å². The lowest BCUT2D eigenvalue weighted by atomic mass is 10.1. The first-order chi connectivity index (χ1) is 8.76. The zero-order chi connectivity index (χ0) is 13.4. The van der Waals surface area contributed by atoms with E-state index in [0.717, 1.165) is 25.2 Å². The van der Waals surface area contributed by atoms with E-state index in [1.807, 2.05) is 0 Å². The summed E-state index contributed by atoms with van der Waals surface area (Å²) in [6.45, 7) is 5.81. The van der Waals surface area contributed by atoms with Crippen molar-refractivity contribution in [2.24, 2.45) is 5.84 Å². The monoisotopic (exact) mass is 253 g/mol. The number of nitrogens with one attached hydrogen (secondary N) is 1. The molecule has 0 aliphatic heterocycles. The van der Waals surface area contributed by atoms with Gasteiger partial charge in [0.05, 0.1) is 19.0 Å². The molecule has 0 radical (unpaired) electrons. The Kier molecular flexibility index (Phi) is 6.38. The molecule has 1 aromatic heterocycles. The Balaban J connectivity index is 2.92. The van der Waals surface area contributed by atoms with Crippen LogP contribution in [0.1, 0.15) is 26.7 Å². The lowest BCUT2D eigenvalue weighted by Gasteiger charge is -2.31. The standard InChI is InChI=1S/C12H23N5O/c1-4-10(5-2)17(6-7-18-3)12-9-14-8-11(15-12)16-13/h8-10H,4-7,13H2,1-3H3,(H,15,16). The normalized spacial score (nSPS) is 10.7. The molecule has 102 valence electrons. The van der Waals surface area contributed by atoms with Crippen LogP contribution in [0, 0.1) is 0 Å². The SMILES string of the molecule is CCC(CC)N(CCOC)c1cncc(NN)n1. The summed E-state index contributed by atoms with van der Waals surface area (Å²) < 4.78 is 5.16. The summed E-state index contributed by atoms with van der Waals surface area (Å²) in [4.78, 5) is 10.8. The van der Waals surface area contributed by atoms with Gasteiger partial charge in [-0.3, -0.25) is 4.98 Å². The molecule has 0 fully saturated rings. The molecule has 0 saturated heterocycles. The molecule has 0 spiro atoms. The number of methoxy groups -OCH3 is 1. The molecule has 0 aliphatic carbocycles. The highest BCUT2D eigenvalue weighted by molar-refractivity contribution is 5.44. The highest BCUT2D eigenvalue weighted by Gasteiger charge is 2.17. The maximum Gasteiger partial charge on any atom is 0.160 e. The van der Waals surface area contributed by atoms with E-state index in [0.29, 0.717) is 18.5 Å². The Bertz CT molecular complexity index is 343. The Morgan fingerprint density at radius 2 is 2.11 bits per heavy atom. The smallest absolute Gasteiger partial charge is 0.160 e. The van der Waals surface area contributed by atoms with Crippen LogP contribution in [0.3, 0.4) is 0 Å². The summed E-state index contributed by atoms with van der Waals surface area (Å²) in [5, 5.41) is 0. The van der Waals surface area contributed by atoms with Gasteiger partial charge in [0.25, 0.3) is 0 Å². The van der Waals surface area contributed by atoms with Gasteiger partial charge in [0.1, 0.15) is 5.82 Å². The van der Waals surface area contributed by atoms with Crippen LogP contribution in [0.15, 0.2) is 12.4 Å². The molecule has 0 aliphatic rings. The van der Waals surface area contributed by atoms with E-state index in [1.54, 1.807) is 19.5 Å². The first-order valence-corrected chi connectivity index (χ1v) is 6.31. The number of nitrogen functional groups attached to an aromatic ring is 1. The van der Waals surface area contributed by atoms with Gasteiger partial charge in [-0.1, -0.05) is 13.8 Å². The van der Waals surface area contributed by atoms with Crippen molar-refractivity contribution in [3.63, 3.8) is 0 Å². The van der Waals surface area contributed by atoms with Gasteiger partial charge in [-0.15, -0.1) is 0 Å². The number of ether oxygens (including phenoxy) is 1. The van der Waals surface area contributed by atoms with Crippen LogP contribution < -0.4 is 16.2 Å². The molecule has 0 amide bonds. The van der Waals surface area contributed by atoms with E-state index >= 15 is 0 Å². The molecule has 1 rings (SSSR count). The van der Waals surface area contributed by atoms with Crippen molar-refractivity contribution in [2.75, 3.05) is 30.6 Å².